The summed E-state index contributed by atoms with van der Waals surface area (Å²) in [5.74, 6) is -2.85. The molecular weight excluding hydrogens is 214 g/mol. The van der Waals surface area contributed by atoms with Gasteiger partial charge in [-0.1, -0.05) is 13.8 Å². The van der Waals surface area contributed by atoms with Crippen molar-refractivity contribution >= 4 is 6.29 Å². The second-order valence-corrected chi connectivity index (χ2v) is 4.99. The molecule has 1 aliphatic heterocycles. The molecule has 0 radical (unpaired) electrons. The summed E-state index contributed by atoms with van der Waals surface area (Å²) in [5, 5.41) is 0. The predicted octanol–water partition coefficient (Wildman–Crippen LogP) is 3.20. The smallest absolute Gasteiger partial charge is 0.256 e. The topological polar surface area (TPSA) is 26.3 Å². The van der Waals surface area contributed by atoms with Crippen molar-refractivity contribution in [1.82, 2.24) is 0 Å². The number of hydrogen-bond acceptors (Lipinski definition) is 2. The fourth-order valence-electron chi connectivity index (χ4n) is 2.11. The van der Waals surface area contributed by atoms with Crippen molar-refractivity contribution in [2.45, 2.75) is 58.0 Å². The third kappa shape index (κ3) is 2.78. The van der Waals surface area contributed by atoms with Crippen molar-refractivity contribution < 1.29 is 18.3 Å². The number of aldehydes is 1. The summed E-state index contributed by atoms with van der Waals surface area (Å²) in [6.45, 7) is 3.64. The SMILES string of the molecule is CC(C)(C1CCCCO1)C(F)(F)CCC=O. The first-order valence-electron chi connectivity index (χ1n) is 5.85. The van der Waals surface area contributed by atoms with Crippen LogP contribution >= 0.6 is 0 Å². The van der Waals surface area contributed by atoms with Gasteiger partial charge in [0.25, 0.3) is 5.92 Å². The van der Waals surface area contributed by atoms with E-state index in [0.717, 1.165) is 12.8 Å². The van der Waals surface area contributed by atoms with Gasteiger partial charge in [-0.05, 0) is 19.3 Å². The molecule has 1 saturated heterocycles. The number of halogens is 2. The Labute approximate surface area is 95.4 Å². The zero-order valence-corrected chi connectivity index (χ0v) is 9.97. The molecule has 0 aliphatic carbocycles. The van der Waals surface area contributed by atoms with Crippen molar-refractivity contribution in [3.05, 3.63) is 0 Å². The second-order valence-electron chi connectivity index (χ2n) is 4.99. The van der Waals surface area contributed by atoms with Gasteiger partial charge >= 0.3 is 0 Å². The van der Waals surface area contributed by atoms with Gasteiger partial charge in [0.15, 0.2) is 0 Å². The highest BCUT2D eigenvalue weighted by Gasteiger charge is 2.51. The van der Waals surface area contributed by atoms with Crippen LogP contribution in [0.15, 0.2) is 0 Å². The summed E-state index contributed by atoms with van der Waals surface area (Å²) >= 11 is 0. The van der Waals surface area contributed by atoms with Crippen LogP contribution in [-0.2, 0) is 9.53 Å². The predicted molar refractivity (Wildman–Crippen MR) is 57.6 cm³/mol. The quantitative estimate of drug-likeness (QED) is 0.683. The maximum Gasteiger partial charge on any atom is 0.256 e. The molecule has 2 nitrogen and oxygen atoms in total. The summed E-state index contributed by atoms with van der Waals surface area (Å²) in [6.07, 6.45) is 2.25. The molecule has 0 saturated carbocycles. The molecular formula is C12H20F2O2. The van der Waals surface area contributed by atoms with Gasteiger partial charge in [0.05, 0.1) is 11.5 Å². The second kappa shape index (κ2) is 5.21. The van der Waals surface area contributed by atoms with E-state index in [4.69, 9.17) is 4.74 Å². The van der Waals surface area contributed by atoms with Crippen LogP contribution in [0, 0.1) is 5.41 Å². The van der Waals surface area contributed by atoms with Crippen LogP contribution in [0.1, 0.15) is 46.0 Å². The summed E-state index contributed by atoms with van der Waals surface area (Å²) in [6, 6.07) is 0. The summed E-state index contributed by atoms with van der Waals surface area (Å²) < 4.78 is 33.3. The molecule has 0 bridgehead atoms. The Morgan fingerprint density at radius 2 is 2.06 bits per heavy atom. The van der Waals surface area contributed by atoms with Gasteiger partial charge in [-0.15, -0.1) is 0 Å². The van der Waals surface area contributed by atoms with E-state index in [1.54, 1.807) is 0 Å². The summed E-state index contributed by atoms with van der Waals surface area (Å²) in [4.78, 5) is 10.2. The van der Waals surface area contributed by atoms with Crippen LogP contribution in [0.4, 0.5) is 8.78 Å². The third-order valence-corrected chi connectivity index (χ3v) is 3.50. The third-order valence-electron chi connectivity index (χ3n) is 3.50. The van der Waals surface area contributed by atoms with Gasteiger partial charge in [-0.3, -0.25) is 0 Å². The number of ether oxygens (including phenoxy) is 1. The minimum Gasteiger partial charge on any atom is -0.377 e. The molecule has 0 amide bonds. The lowest BCUT2D eigenvalue weighted by Crippen LogP contribution is -2.48. The molecule has 1 atom stereocenters. The van der Waals surface area contributed by atoms with Gasteiger partial charge in [0.1, 0.15) is 6.29 Å². The van der Waals surface area contributed by atoms with E-state index >= 15 is 0 Å². The first-order chi connectivity index (χ1) is 7.42. The molecule has 0 aromatic rings. The lowest BCUT2D eigenvalue weighted by atomic mass is 9.75. The van der Waals surface area contributed by atoms with E-state index in [2.05, 4.69) is 0 Å². The van der Waals surface area contributed by atoms with E-state index in [-0.39, 0.29) is 12.8 Å². The molecule has 0 N–H and O–H groups in total. The van der Waals surface area contributed by atoms with E-state index in [9.17, 15) is 13.6 Å². The summed E-state index contributed by atoms with van der Waals surface area (Å²) in [5.41, 5.74) is -1.20. The van der Waals surface area contributed by atoms with Gasteiger partial charge in [0, 0.05) is 19.4 Å². The Bertz CT molecular complexity index is 233. The van der Waals surface area contributed by atoms with Crippen molar-refractivity contribution in [1.29, 1.82) is 0 Å². The molecule has 0 aromatic carbocycles. The average molecular weight is 234 g/mol. The number of carbonyl (C=O) groups is 1. The minimum absolute atomic E-state index is 0.0941. The molecule has 16 heavy (non-hydrogen) atoms. The monoisotopic (exact) mass is 234 g/mol. The standard InChI is InChI=1S/C12H20F2O2/c1-11(2,10-6-3-4-9-16-10)12(13,14)7-5-8-15/h8,10H,3-7,9H2,1-2H3. The fourth-order valence-corrected chi connectivity index (χ4v) is 2.11. The molecule has 1 heterocycles. The van der Waals surface area contributed by atoms with Crippen LogP contribution in [-0.4, -0.2) is 24.9 Å². The van der Waals surface area contributed by atoms with Crippen LogP contribution in [0.3, 0.4) is 0 Å². The van der Waals surface area contributed by atoms with Gasteiger partial charge in [-0.2, -0.15) is 0 Å². The number of rotatable bonds is 5. The van der Waals surface area contributed by atoms with E-state index in [1.165, 1.54) is 13.8 Å². The van der Waals surface area contributed by atoms with Crippen molar-refractivity contribution in [3.63, 3.8) is 0 Å². The molecule has 0 aromatic heterocycles. The Morgan fingerprint density at radius 1 is 1.38 bits per heavy atom. The zero-order chi connectivity index (χ0) is 12.2. The zero-order valence-electron chi connectivity index (χ0n) is 9.97. The molecule has 0 spiro atoms. The highest BCUT2D eigenvalue weighted by atomic mass is 19.3. The molecule has 1 unspecified atom stereocenters. The Kier molecular flexibility index (Phi) is 4.42. The Balaban J connectivity index is 2.68. The van der Waals surface area contributed by atoms with Crippen LogP contribution < -0.4 is 0 Å². The molecule has 1 aliphatic rings. The Morgan fingerprint density at radius 3 is 2.56 bits per heavy atom. The number of alkyl halides is 2. The molecule has 94 valence electrons. The van der Waals surface area contributed by atoms with Crippen molar-refractivity contribution in [2.24, 2.45) is 5.41 Å². The number of hydrogen-bond donors (Lipinski definition) is 0. The highest BCUT2D eigenvalue weighted by Crippen LogP contribution is 2.45. The van der Waals surface area contributed by atoms with Crippen LogP contribution in [0.2, 0.25) is 0 Å². The number of carbonyl (C=O) groups excluding carboxylic acids is 1. The molecule has 4 heteroatoms. The minimum atomic E-state index is -2.85. The maximum atomic E-state index is 13.9. The summed E-state index contributed by atoms with van der Waals surface area (Å²) in [7, 11) is 0. The van der Waals surface area contributed by atoms with Crippen molar-refractivity contribution in [2.75, 3.05) is 6.61 Å². The lowest BCUT2D eigenvalue weighted by Gasteiger charge is -2.42. The van der Waals surface area contributed by atoms with E-state index in [0.29, 0.717) is 19.3 Å². The van der Waals surface area contributed by atoms with Gasteiger partial charge in [0.2, 0.25) is 0 Å². The normalized spacial score (nSPS) is 23.1. The first kappa shape index (κ1) is 13.6. The van der Waals surface area contributed by atoms with E-state index in [1.807, 2.05) is 0 Å². The average Bonchev–Trinajstić information content (AvgIpc) is 2.27. The van der Waals surface area contributed by atoms with Crippen molar-refractivity contribution in [3.8, 4) is 0 Å². The fraction of sp³-hybridized carbons (Fsp3) is 0.917. The largest absolute Gasteiger partial charge is 0.377 e. The lowest BCUT2D eigenvalue weighted by molar-refractivity contribution is -0.184. The van der Waals surface area contributed by atoms with Crippen LogP contribution in [0.25, 0.3) is 0 Å². The molecule has 1 rings (SSSR count). The molecule has 1 fully saturated rings. The maximum absolute atomic E-state index is 13.9. The first-order valence-corrected chi connectivity index (χ1v) is 5.85. The Hall–Kier alpha value is -0.510. The van der Waals surface area contributed by atoms with Gasteiger partial charge < -0.3 is 9.53 Å². The highest BCUT2D eigenvalue weighted by molar-refractivity contribution is 5.49. The van der Waals surface area contributed by atoms with Crippen LogP contribution in [0.5, 0.6) is 0 Å². The van der Waals surface area contributed by atoms with E-state index < -0.39 is 17.4 Å². The van der Waals surface area contributed by atoms with Gasteiger partial charge in [-0.25, -0.2) is 8.78 Å².